The minimum absolute atomic E-state index is 0.182. The Morgan fingerprint density at radius 1 is 1.33 bits per heavy atom. The van der Waals surface area contributed by atoms with E-state index in [-0.39, 0.29) is 5.41 Å². The van der Waals surface area contributed by atoms with Crippen LogP contribution in [0.4, 0.5) is 0 Å². The molecule has 4 heteroatoms. The summed E-state index contributed by atoms with van der Waals surface area (Å²) in [5.41, 5.74) is 8.85. The molecule has 2 heterocycles. The molecule has 1 saturated heterocycles. The van der Waals surface area contributed by atoms with Gasteiger partial charge in [0.15, 0.2) is 0 Å². The van der Waals surface area contributed by atoms with Crippen molar-refractivity contribution in [2.75, 3.05) is 13.1 Å². The molecule has 1 aromatic carbocycles. The van der Waals surface area contributed by atoms with Gasteiger partial charge >= 0.3 is 0 Å². The number of nitrogens with two attached hydrogens (primary N) is 1. The van der Waals surface area contributed by atoms with E-state index >= 15 is 0 Å². The second-order valence-corrected chi connectivity index (χ2v) is 6.87. The number of nitrogens with zero attached hydrogens (tertiary/aromatic N) is 3. The minimum Gasteiger partial charge on any atom is -0.327 e. The molecule has 1 aliphatic heterocycles. The zero-order chi connectivity index (χ0) is 15.0. The summed E-state index contributed by atoms with van der Waals surface area (Å²) in [5.74, 6) is 0. The van der Waals surface area contributed by atoms with Gasteiger partial charge in [-0.05, 0) is 24.8 Å². The third kappa shape index (κ3) is 2.70. The van der Waals surface area contributed by atoms with Gasteiger partial charge < -0.3 is 5.73 Å². The van der Waals surface area contributed by atoms with Crippen molar-refractivity contribution in [1.29, 1.82) is 0 Å². The van der Waals surface area contributed by atoms with E-state index in [1.165, 1.54) is 16.6 Å². The Morgan fingerprint density at radius 3 is 2.81 bits per heavy atom. The molecule has 2 aromatic rings. The molecule has 1 atom stereocenters. The number of likely N-dealkylation sites (tertiary alicyclic amines) is 1. The number of aromatic nitrogens is 2. The van der Waals surface area contributed by atoms with Gasteiger partial charge in [-0.1, -0.05) is 32.0 Å². The second-order valence-electron chi connectivity index (χ2n) is 6.87. The molecule has 21 heavy (non-hydrogen) atoms. The lowest BCUT2D eigenvalue weighted by atomic mass is 9.79. The first-order valence-electron chi connectivity index (χ1n) is 7.93. The van der Waals surface area contributed by atoms with Crippen LogP contribution in [0.15, 0.2) is 24.3 Å². The molecule has 0 saturated carbocycles. The van der Waals surface area contributed by atoms with Crippen LogP contribution in [0.1, 0.15) is 32.9 Å². The summed E-state index contributed by atoms with van der Waals surface area (Å²) < 4.78 is 2.10. The second kappa shape index (κ2) is 5.43. The Kier molecular flexibility index (Phi) is 3.76. The maximum Gasteiger partial charge on any atom is 0.0843 e. The van der Waals surface area contributed by atoms with Crippen LogP contribution < -0.4 is 5.73 Å². The van der Waals surface area contributed by atoms with Crippen LogP contribution in [0.2, 0.25) is 0 Å². The lowest BCUT2D eigenvalue weighted by Gasteiger charge is -2.42. The van der Waals surface area contributed by atoms with E-state index in [1.54, 1.807) is 0 Å². The molecule has 0 amide bonds. The first-order chi connectivity index (χ1) is 10.0. The number of rotatable bonds is 3. The van der Waals surface area contributed by atoms with E-state index in [1.807, 2.05) is 0 Å². The fraction of sp³-hybridized carbons (Fsp3) is 0.588. The van der Waals surface area contributed by atoms with E-state index in [0.29, 0.717) is 6.04 Å². The molecule has 114 valence electrons. The molecular formula is C17H26N4. The first kappa shape index (κ1) is 14.5. The molecule has 0 aliphatic carbocycles. The molecule has 0 radical (unpaired) electrons. The lowest BCUT2D eigenvalue weighted by Crippen LogP contribution is -2.52. The predicted octanol–water partition coefficient (Wildman–Crippen LogP) is 2.62. The number of aryl methyl sites for hydroxylation is 1. The highest BCUT2D eigenvalue weighted by molar-refractivity contribution is 5.81. The summed E-state index contributed by atoms with van der Waals surface area (Å²) in [6.07, 6.45) is 1.07. The van der Waals surface area contributed by atoms with Gasteiger partial charge in [-0.3, -0.25) is 9.58 Å². The number of hydrogen-bond acceptors (Lipinski definition) is 3. The van der Waals surface area contributed by atoms with Crippen molar-refractivity contribution in [2.24, 2.45) is 11.1 Å². The van der Waals surface area contributed by atoms with E-state index in [9.17, 15) is 0 Å². The average molecular weight is 286 g/mol. The van der Waals surface area contributed by atoms with E-state index < -0.39 is 0 Å². The van der Waals surface area contributed by atoms with Crippen molar-refractivity contribution >= 4 is 10.9 Å². The molecule has 1 aliphatic rings. The molecule has 0 bridgehead atoms. The summed E-state index contributed by atoms with van der Waals surface area (Å²) in [5, 5.41) is 6.10. The van der Waals surface area contributed by atoms with E-state index in [0.717, 1.165) is 32.6 Å². The topological polar surface area (TPSA) is 47.1 Å². The van der Waals surface area contributed by atoms with Gasteiger partial charge in [-0.15, -0.1) is 0 Å². The largest absolute Gasteiger partial charge is 0.327 e. The van der Waals surface area contributed by atoms with Gasteiger partial charge in [0.25, 0.3) is 0 Å². The summed E-state index contributed by atoms with van der Waals surface area (Å²) in [4.78, 5) is 2.50. The van der Waals surface area contributed by atoms with Gasteiger partial charge in [0, 0.05) is 37.6 Å². The van der Waals surface area contributed by atoms with Crippen molar-refractivity contribution in [3.05, 3.63) is 30.0 Å². The average Bonchev–Trinajstić information content (AvgIpc) is 2.81. The molecule has 1 fully saturated rings. The van der Waals surface area contributed by atoms with Crippen molar-refractivity contribution in [2.45, 2.75) is 46.3 Å². The van der Waals surface area contributed by atoms with Crippen LogP contribution in [0, 0.1) is 5.41 Å². The highest BCUT2D eigenvalue weighted by Gasteiger charge is 2.33. The zero-order valence-corrected chi connectivity index (χ0v) is 13.3. The summed E-state index contributed by atoms with van der Waals surface area (Å²) in [6.45, 7) is 10.6. The fourth-order valence-corrected chi connectivity index (χ4v) is 3.39. The Labute approximate surface area is 126 Å². The summed E-state index contributed by atoms with van der Waals surface area (Å²) >= 11 is 0. The normalized spacial score (nSPS) is 22.8. The summed E-state index contributed by atoms with van der Waals surface area (Å²) in [7, 11) is 0. The minimum atomic E-state index is 0.182. The maximum absolute atomic E-state index is 6.24. The number of hydrogen-bond donors (Lipinski definition) is 1. The first-order valence-corrected chi connectivity index (χ1v) is 7.93. The quantitative estimate of drug-likeness (QED) is 0.943. The Morgan fingerprint density at radius 2 is 2.10 bits per heavy atom. The van der Waals surface area contributed by atoms with Gasteiger partial charge in [0.1, 0.15) is 0 Å². The van der Waals surface area contributed by atoms with E-state index in [4.69, 9.17) is 10.8 Å². The molecular weight excluding hydrogens is 260 g/mol. The zero-order valence-electron chi connectivity index (χ0n) is 13.3. The molecule has 0 spiro atoms. The third-order valence-corrected chi connectivity index (χ3v) is 4.80. The fourth-order valence-electron chi connectivity index (χ4n) is 3.39. The lowest BCUT2D eigenvalue weighted by molar-refractivity contribution is 0.0890. The van der Waals surface area contributed by atoms with Crippen molar-refractivity contribution < 1.29 is 0 Å². The predicted molar refractivity (Wildman–Crippen MR) is 87.1 cm³/mol. The molecule has 4 nitrogen and oxygen atoms in total. The highest BCUT2D eigenvalue weighted by atomic mass is 15.3. The molecule has 2 N–H and O–H groups in total. The monoisotopic (exact) mass is 286 g/mol. The SMILES string of the molecule is CCn1nc(CN2CCC(N)C(C)(C)C2)c2ccccc21. The van der Waals surface area contributed by atoms with Crippen LogP contribution in [0.25, 0.3) is 10.9 Å². The van der Waals surface area contributed by atoms with Crippen molar-refractivity contribution in [1.82, 2.24) is 14.7 Å². The Balaban J connectivity index is 1.85. The molecule has 3 rings (SSSR count). The van der Waals surface area contributed by atoms with Crippen LogP contribution in [-0.4, -0.2) is 33.8 Å². The molecule has 1 unspecified atom stereocenters. The number of piperidine rings is 1. The number of para-hydroxylation sites is 1. The maximum atomic E-state index is 6.24. The van der Waals surface area contributed by atoms with Crippen LogP contribution in [-0.2, 0) is 13.1 Å². The van der Waals surface area contributed by atoms with Crippen LogP contribution in [0.3, 0.4) is 0 Å². The van der Waals surface area contributed by atoms with Crippen molar-refractivity contribution in [3.8, 4) is 0 Å². The standard InChI is InChI=1S/C17H26N4/c1-4-21-15-8-6-5-7-13(15)14(19-21)11-20-10-9-16(18)17(2,3)12-20/h5-8,16H,4,9-12,18H2,1-3H3. The Bertz CT molecular complexity index is 629. The molecule has 1 aromatic heterocycles. The van der Waals surface area contributed by atoms with Crippen LogP contribution >= 0.6 is 0 Å². The van der Waals surface area contributed by atoms with Crippen LogP contribution in [0.5, 0.6) is 0 Å². The van der Waals surface area contributed by atoms with E-state index in [2.05, 4.69) is 54.6 Å². The van der Waals surface area contributed by atoms with Gasteiger partial charge in [0.05, 0.1) is 11.2 Å². The van der Waals surface area contributed by atoms with Crippen molar-refractivity contribution in [3.63, 3.8) is 0 Å². The Hall–Kier alpha value is -1.39. The smallest absolute Gasteiger partial charge is 0.0843 e. The highest BCUT2D eigenvalue weighted by Crippen LogP contribution is 2.29. The number of benzene rings is 1. The number of fused-ring (bicyclic) bond motifs is 1. The van der Waals surface area contributed by atoms with Gasteiger partial charge in [-0.2, -0.15) is 5.10 Å². The van der Waals surface area contributed by atoms with Gasteiger partial charge in [0.2, 0.25) is 0 Å². The summed E-state index contributed by atoms with van der Waals surface area (Å²) in [6, 6.07) is 8.83. The third-order valence-electron chi connectivity index (χ3n) is 4.80. The van der Waals surface area contributed by atoms with Gasteiger partial charge in [-0.25, -0.2) is 0 Å².